The van der Waals surface area contributed by atoms with Crippen molar-refractivity contribution >= 4 is 21.8 Å². The number of nitrogens with zero attached hydrogens (tertiary/aromatic N) is 4. The number of pyridine rings is 1. The molecule has 0 bridgehead atoms. The number of aryl methyl sites for hydroxylation is 4. The topological polar surface area (TPSA) is 44.9 Å². The molecule has 7 rings (SSSR count). The number of hydrogen-bond donors (Lipinski definition) is 0. The van der Waals surface area contributed by atoms with Gasteiger partial charge in [-0.2, -0.15) is 5.10 Å². The van der Waals surface area contributed by atoms with Crippen molar-refractivity contribution in [1.29, 1.82) is 0 Å². The molecule has 7 aromatic rings. The number of ether oxygens (including phenoxy) is 1. The molecule has 3 heterocycles. The predicted octanol–water partition coefficient (Wildman–Crippen LogP) is 11.8. The van der Waals surface area contributed by atoms with Gasteiger partial charge in [-0.1, -0.05) is 77.9 Å². The van der Waals surface area contributed by atoms with E-state index in [9.17, 15) is 0 Å². The lowest BCUT2D eigenvalue weighted by Gasteiger charge is -2.22. The first-order valence-electron chi connectivity index (χ1n) is 17.9. The highest BCUT2D eigenvalue weighted by Crippen LogP contribution is 2.39. The molecule has 0 spiro atoms. The van der Waals surface area contributed by atoms with Gasteiger partial charge >= 0.3 is 0 Å². The van der Waals surface area contributed by atoms with Crippen LogP contribution < -0.4 is 4.74 Å². The van der Waals surface area contributed by atoms with Crippen LogP contribution in [-0.2, 0) is 18.3 Å². The lowest BCUT2D eigenvalue weighted by molar-refractivity contribution is 0.478. The van der Waals surface area contributed by atoms with Gasteiger partial charge in [0, 0.05) is 34.7 Å². The van der Waals surface area contributed by atoms with Gasteiger partial charge in [0.2, 0.25) is 0 Å². The highest BCUT2D eigenvalue weighted by Gasteiger charge is 2.24. The second kappa shape index (κ2) is 12.9. The average molecular weight is 661 g/mol. The van der Waals surface area contributed by atoms with Gasteiger partial charge in [0.25, 0.3) is 0 Å². The number of rotatable bonds is 8. The third kappa shape index (κ3) is 6.10. The van der Waals surface area contributed by atoms with E-state index in [1.165, 1.54) is 49.8 Å². The van der Waals surface area contributed by atoms with Crippen LogP contribution in [0.15, 0.2) is 97.2 Å². The molecule has 5 heteroatoms. The summed E-state index contributed by atoms with van der Waals surface area (Å²) in [6.45, 7) is 20.1. The van der Waals surface area contributed by atoms with E-state index in [0.717, 1.165) is 52.6 Å². The minimum Gasteiger partial charge on any atom is -0.457 e. The third-order valence-corrected chi connectivity index (χ3v) is 9.82. The molecular formula is C45H48N4O. The molecule has 0 unspecified atom stereocenters. The van der Waals surface area contributed by atoms with Gasteiger partial charge in [0.1, 0.15) is 17.3 Å². The van der Waals surface area contributed by atoms with E-state index < -0.39 is 0 Å². The molecule has 0 saturated heterocycles. The monoisotopic (exact) mass is 660 g/mol. The minimum atomic E-state index is -0.101. The molecule has 4 aromatic carbocycles. The first kappa shape index (κ1) is 33.3. The number of aromatic nitrogens is 4. The van der Waals surface area contributed by atoms with E-state index >= 15 is 0 Å². The van der Waals surface area contributed by atoms with Crippen molar-refractivity contribution < 1.29 is 4.74 Å². The summed E-state index contributed by atoms with van der Waals surface area (Å²) >= 11 is 0. The van der Waals surface area contributed by atoms with Gasteiger partial charge < -0.3 is 4.74 Å². The maximum Gasteiger partial charge on any atom is 0.137 e. The van der Waals surface area contributed by atoms with E-state index in [4.69, 9.17) is 14.8 Å². The lowest BCUT2D eigenvalue weighted by atomic mass is 9.86. The molecule has 0 fully saturated rings. The van der Waals surface area contributed by atoms with Crippen LogP contribution in [0.3, 0.4) is 0 Å². The van der Waals surface area contributed by atoms with Crippen molar-refractivity contribution in [2.45, 2.75) is 80.6 Å². The molecule has 0 aliphatic rings. The zero-order valence-corrected chi connectivity index (χ0v) is 30.9. The van der Waals surface area contributed by atoms with Crippen LogP contribution in [0.2, 0.25) is 0 Å². The van der Waals surface area contributed by atoms with Gasteiger partial charge in [0.15, 0.2) is 0 Å². The summed E-state index contributed by atoms with van der Waals surface area (Å²) < 4.78 is 11.3. The fourth-order valence-corrected chi connectivity index (χ4v) is 7.29. The number of fused-ring (bicyclic) bond motifs is 3. The Hall–Kier alpha value is -5.16. The van der Waals surface area contributed by atoms with Gasteiger partial charge in [-0.25, -0.2) is 9.67 Å². The Kier molecular flexibility index (Phi) is 8.63. The Morgan fingerprint density at radius 1 is 0.740 bits per heavy atom. The van der Waals surface area contributed by atoms with E-state index in [2.05, 4.69) is 163 Å². The number of benzene rings is 4. The fraction of sp³-hybridized carbons (Fsp3) is 0.289. The van der Waals surface area contributed by atoms with Crippen LogP contribution in [0.4, 0.5) is 0 Å². The summed E-state index contributed by atoms with van der Waals surface area (Å²) in [6, 6.07) is 32.4. The van der Waals surface area contributed by atoms with Crippen molar-refractivity contribution in [3.05, 3.63) is 131 Å². The largest absolute Gasteiger partial charge is 0.457 e. The maximum absolute atomic E-state index is 6.82. The molecule has 0 aliphatic carbocycles. The third-order valence-electron chi connectivity index (χ3n) is 9.82. The van der Waals surface area contributed by atoms with Crippen LogP contribution in [0.1, 0.15) is 75.2 Å². The number of hydrogen-bond acceptors (Lipinski definition) is 3. The summed E-state index contributed by atoms with van der Waals surface area (Å²) in [5, 5.41) is 7.61. The van der Waals surface area contributed by atoms with Gasteiger partial charge in [-0.3, -0.25) is 4.57 Å². The Bertz CT molecular complexity index is 2350. The number of para-hydroxylation sites is 1. The molecule has 3 aromatic heterocycles. The first-order valence-corrected chi connectivity index (χ1v) is 17.9. The fourth-order valence-electron chi connectivity index (χ4n) is 7.29. The molecule has 5 nitrogen and oxygen atoms in total. The highest BCUT2D eigenvalue weighted by molar-refractivity contribution is 6.09. The Labute approximate surface area is 296 Å². The SMILES string of the molecule is CCc1ccnc(-n2c3ccccc3c3ccc(Oc4cc(-n5nc(C)c(-c6c(C)cccc6C)c5CC(C)C)cc(C(C)(C)C)c4)cc32)c1. The minimum absolute atomic E-state index is 0.101. The smallest absolute Gasteiger partial charge is 0.137 e. The molecule has 0 atom stereocenters. The second-order valence-electron chi connectivity index (χ2n) is 15.2. The standard InChI is InChI=1S/C45H48N4O/c1-10-32-20-21-46-42(23-32)48-39-17-12-11-16-37(39)38-19-18-35(27-40(38)48)50-36-25-33(45(7,8)9)24-34(26-36)49-41(22-28(2)3)44(31(6)47-49)43-29(4)14-13-15-30(43)5/h11-21,23-28H,10,22H2,1-9H3. The summed E-state index contributed by atoms with van der Waals surface area (Å²) in [7, 11) is 0. The van der Waals surface area contributed by atoms with Crippen molar-refractivity contribution in [1.82, 2.24) is 19.3 Å². The summed E-state index contributed by atoms with van der Waals surface area (Å²) in [6.07, 6.45) is 3.77. The van der Waals surface area contributed by atoms with E-state index in [-0.39, 0.29) is 5.41 Å². The summed E-state index contributed by atoms with van der Waals surface area (Å²) in [5.41, 5.74) is 12.9. The molecular weight excluding hydrogens is 613 g/mol. The lowest BCUT2D eigenvalue weighted by Crippen LogP contribution is -2.13. The van der Waals surface area contributed by atoms with E-state index in [1.807, 2.05) is 6.20 Å². The van der Waals surface area contributed by atoms with Crippen molar-refractivity contribution in [2.24, 2.45) is 5.92 Å². The van der Waals surface area contributed by atoms with Crippen LogP contribution in [0.5, 0.6) is 11.5 Å². The van der Waals surface area contributed by atoms with E-state index in [1.54, 1.807) is 0 Å². The normalized spacial score (nSPS) is 12.0. The van der Waals surface area contributed by atoms with Gasteiger partial charge in [-0.05, 0) is 115 Å². The van der Waals surface area contributed by atoms with Crippen molar-refractivity contribution in [2.75, 3.05) is 0 Å². The zero-order valence-electron chi connectivity index (χ0n) is 30.9. The van der Waals surface area contributed by atoms with Crippen molar-refractivity contribution in [3.63, 3.8) is 0 Å². The average Bonchev–Trinajstić information content (AvgIpc) is 3.57. The Morgan fingerprint density at radius 2 is 1.48 bits per heavy atom. The van der Waals surface area contributed by atoms with E-state index in [0.29, 0.717) is 5.92 Å². The molecule has 0 radical (unpaired) electrons. The highest BCUT2D eigenvalue weighted by atomic mass is 16.5. The van der Waals surface area contributed by atoms with Crippen LogP contribution in [0.25, 0.3) is 44.4 Å². The van der Waals surface area contributed by atoms with Crippen molar-refractivity contribution in [3.8, 4) is 34.1 Å². The molecule has 0 N–H and O–H groups in total. The second-order valence-corrected chi connectivity index (χ2v) is 15.2. The quantitative estimate of drug-likeness (QED) is 0.163. The maximum atomic E-state index is 6.82. The zero-order chi connectivity index (χ0) is 35.3. The summed E-state index contributed by atoms with van der Waals surface area (Å²) in [5.74, 6) is 2.94. The van der Waals surface area contributed by atoms with Gasteiger partial charge in [-0.15, -0.1) is 0 Å². The molecule has 0 aliphatic heterocycles. The summed E-state index contributed by atoms with van der Waals surface area (Å²) in [4.78, 5) is 4.81. The van der Waals surface area contributed by atoms with Crippen LogP contribution in [-0.4, -0.2) is 19.3 Å². The molecule has 0 saturated carbocycles. The molecule has 50 heavy (non-hydrogen) atoms. The Morgan fingerprint density at radius 3 is 2.20 bits per heavy atom. The van der Waals surface area contributed by atoms with Crippen LogP contribution >= 0.6 is 0 Å². The first-order chi connectivity index (χ1) is 23.9. The van der Waals surface area contributed by atoms with Gasteiger partial charge in [0.05, 0.1) is 28.1 Å². The molecule has 0 amide bonds. The van der Waals surface area contributed by atoms with Crippen LogP contribution in [0, 0.1) is 26.7 Å². The molecule has 254 valence electrons. The predicted molar refractivity (Wildman–Crippen MR) is 208 cm³/mol. The Balaban J connectivity index is 1.38.